The van der Waals surface area contributed by atoms with E-state index in [1.165, 1.54) is 0 Å². The first-order chi connectivity index (χ1) is 12.4. The first-order valence-electron chi connectivity index (χ1n) is 7.67. The largest absolute Gasteiger partial charge is 0.490 e. The highest BCUT2D eigenvalue weighted by molar-refractivity contribution is 7.91. The zero-order valence-corrected chi connectivity index (χ0v) is 14.5. The number of benzene rings is 2. The average Bonchev–Trinajstić information content (AvgIpc) is 2.64. The number of esters is 1. The third-order valence-corrected chi connectivity index (χ3v) is 5.08. The summed E-state index contributed by atoms with van der Waals surface area (Å²) in [6.07, 6.45) is -0.309. The van der Waals surface area contributed by atoms with E-state index in [0.29, 0.717) is 11.3 Å². The Labute approximate surface area is 150 Å². The van der Waals surface area contributed by atoms with Gasteiger partial charge in [-0.1, -0.05) is 0 Å². The van der Waals surface area contributed by atoms with Crippen LogP contribution in [0.25, 0.3) is 0 Å². The zero-order chi connectivity index (χ0) is 19.0. The Morgan fingerprint density at radius 3 is 2.31 bits per heavy atom. The van der Waals surface area contributed by atoms with Gasteiger partial charge in [-0.3, -0.25) is 4.79 Å². The second-order valence-corrected chi connectivity index (χ2v) is 7.34. The maximum Gasteiger partial charge on any atom is 0.306 e. The predicted molar refractivity (Wildman–Crippen MR) is 90.7 cm³/mol. The number of rotatable bonds is 8. The molecule has 0 bridgehead atoms. The van der Waals surface area contributed by atoms with Gasteiger partial charge in [-0.25, -0.2) is 12.8 Å². The normalized spacial score (nSPS) is 10.8. The molecular formula is C18H16FNO5S. The highest BCUT2D eigenvalue weighted by Crippen LogP contribution is 2.13. The Kier molecular flexibility index (Phi) is 6.69. The van der Waals surface area contributed by atoms with E-state index in [2.05, 4.69) is 0 Å². The van der Waals surface area contributed by atoms with Gasteiger partial charge in [0.15, 0.2) is 9.84 Å². The van der Waals surface area contributed by atoms with E-state index in [9.17, 15) is 17.6 Å². The minimum Gasteiger partial charge on any atom is -0.490 e. The molecule has 2 aromatic carbocycles. The molecule has 8 heteroatoms. The number of carbonyl (C=O) groups excluding carboxylic acids is 1. The van der Waals surface area contributed by atoms with Gasteiger partial charge in [0.05, 0.1) is 28.7 Å². The summed E-state index contributed by atoms with van der Waals surface area (Å²) >= 11 is 0. The Morgan fingerprint density at radius 1 is 1.04 bits per heavy atom. The molecule has 0 amide bonds. The van der Waals surface area contributed by atoms with Gasteiger partial charge >= 0.3 is 5.97 Å². The summed E-state index contributed by atoms with van der Waals surface area (Å²) in [5, 5.41) is 8.69. The second kappa shape index (κ2) is 8.97. The SMILES string of the molecule is N#Cc1ccc(OCCOC(=O)CCS(=O)(=O)c2ccc(F)cc2)cc1. The predicted octanol–water partition coefficient (Wildman–Crippen LogP) is 2.48. The van der Waals surface area contributed by atoms with Gasteiger partial charge in [-0.05, 0) is 48.5 Å². The smallest absolute Gasteiger partial charge is 0.306 e. The summed E-state index contributed by atoms with van der Waals surface area (Å²) in [6.45, 7) is 0.0672. The van der Waals surface area contributed by atoms with Gasteiger partial charge in [0.2, 0.25) is 0 Å². The molecule has 0 spiro atoms. The van der Waals surface area contributed by atoms with Crippen LogP contribution in [0.15, 0.2) is 53.4 Å². The second-order valence-electron chi connectivity index (χ2n) is 5.23. The first-order valence-corrected chi connectivity index (χ1v) is 9.33. The fraction of sp³-hybridized carbons (Fsp3) is 0.222. The third-order valence-electron chi connectivity index (χ3n) is 3.35. The van der Waals surface area contributed by atoms with E-state index in [1.807, 2.05) is 6.07 Å². The van der Waals surface area contributed by atoms with Gasteiger partial charge in [0, 0.05) is 0 Å². The maximum absolute atomic E-state index is 12.8. The van der Waals surface area contributed by atoms with Gasteiger partial charge in [-0.15, -0.1) is 0 Å². The number of nitrogens with zero attached hydrogens (tertiary/aromatic N) is 1. The molecule has 0 N–H and O–H groups in total. The standard InChI is InChI=1S/C18H16FNO5S/c19-15-3-7-17(8-4-15)26(22,23)12-9-18(21)25-11-10-24-16-5-1-14(13-20)2-6-16/h1-8H,9-12H2. The summed E-state index contributed by atoms with van der Waals surface area (Å²) < 4.78 is 47.2. The monoisotopic (exact) mass is 377 g/mol. The van der Waals surface area contributed by atoms with Crippen molar-refractivity contribution < 1.29 is 27.1 Å². The molecule has 0 radical (unpaired) electrons. The summed E-state index contributed by atoms with van der Waals surface area (Å²) in [4.78, 5) is 11.6. The van der Waals surface area contributed by atoms with Crippen molar-refractivity contribution in [1.29, 1.82) is 5.26 Å². The van der Waals surface area contributed by atoms with E-state index in [-0.39, 0.29) is 24.5 Å². The minimum absolute atomic E-state index is 0.0323. The van der Waals surface area contributed by atoms with Crippen molar-refractivity contribution in [2.45, 2.75) is 11.3 Å². The molecule has 0 aliphatic carbocycles. The van der Waals surface area contributed by atoms with E-state index >= 15 is 0 Å². The number of ether oxygens (including phenoxy) is 2. The summed E-state index contributed by atoms with van der Waals surface area (Å²) in [5.41, 5.74) is 0.506. The zero-order valence-electron chi connectivity index (χ0n) is 13.7. The molecule has 6 nitrogen and oxygen atoms in total. The molecule has 0 aliphatic heterocycles. The Hall–Kier alpha value is -2.92. The van der Waals surface area contributed by atoms with Crippen LogP contribution in [0, 0.1) is 17.1 Å². The lowest BCUT2D eigenvalue weighted by Crippen LogP contribution is -2.16. The van der Waals surface area contributed by atoms with Gasteiger partial charge in [-0.2, -0.15) is 5.26 Å². The lowest BCUT2D eigenvalue weighted by molar-refractivity contribution is -0.143. The van der Waals surface area contributed by atoms with Crippen LogP contribution in [0.3, 0.4) is 0 Å². The Balaban J connectivity index is 1.71. The maximum atomic E-state index is 12.8. The molecule has 26 heavy (non-hydrogen) atoms. The lowest BCUT2D eigenvalue weighted by atomic mass is 10.2. The molecule has 0 aliphatic rings. The van der Waals surface area contributed by atoms with Crippen LogP contribution in [0.5, 0.6) is 5.75 Å². The van der Waals surface area contributed by atoms with Crippen molar-refractivity contribution in [3.63, 3.8) is 0 Å². The van der Waals surface area contributed by atoms with Crippen molar-refractivity contribution in [1.82, 2.24) is 0 Å². The van der Waals surface area contributed by atoms with E-state index in [1.54, 1.807) is 24.3 Å². The van der Waals surface area contributed by atoms with Crippen molar-refractivity contribution >= 4 is 15.8 Å². The third kappa shape index (κ3) is 5.86. The molecule has 0 fully saturated rings. The number of hydrogen-bond acceptors (Lipinski definition) is 6. The quantitative estimate of drug-likeness (QED) is 0.399. The van der Waals surface area contributed by atoms with E-state index in [4.69, 9.17) is 14.7 Å². The number of hydrogen-bond donors (Lipinski definition) is 0. The van der Waals surface area contributed by atoms with Gasteiger partial charge in [0.1, 0.15) is 24.8 Å². The fourth-order valence-electron chi connectivity index (χ4n) is 1.99. The fourth-order valence-corrected chi connectivity index (χ4v) is 3.21. The van der Waals surface area contributed by atoms with Crippen molar-refractivity contribution in [3.05, 3.63) is 59.9 Å². The van der Waals surface area contributed by atoms with Crippen LogP contribution in [-0.2, 0) is 19.4 Å². The van der Waals surface area contributed by atoms with Crippen molar-refractivity contribution in [2.24, 2.45) is 0 Å². The number of halogens is 1. The number of sulfone groups is 1. The molecule has 0 unspecified atom stereocenters. The molecule has 0 saturated carbocycles. The summed E-state index contributed by atoms with van der Waals surface area (Å²) in [6, 6.07) is 12.8. The van der Waals surface area contributed by atoms with Crippen LogP contribution in [0.4, 0.5) is 4.39 Å². The van der Waals surface area contributed by atoms with Crippen molar-refractivity contribution in [3.8, 4) is 11.8 Å². The molecule has 2 aromatic rings. The topological polar surface area (TPSA) is 93.5 Å². The van der Waals surface area contributed by atoms with Gasteiger partial charge < -0.3 is 9.47 Å². The highest BCUT2D eigenvalue weighted by Gasteiger charge is 2.17. The van der Waals surface area contributed by atoms with Crippen LogP contribution in [0.1, 0.15) is 12.0 Å². The summed E-state index contributed by atoms with van der Waals surface area (Å²) in [5.74, 6) is -1.10. The van der Waals surface area contributed by atoms with Crippen LogP contribution in [-0.4, -0.2) is 33.4 Å². The number of nitriles is 1. The average molecular weight is 377 g/mol. The number of carbonyl (C=O) groups is 1. The minimum atomic E-state index is -3.68. The van der Waals surface area contributed by atoms with Crippen LogP contribution in [0.2, 0.25) is 0 Å². The Morgan fingerprint density at radius 2 is 1.69 bits per heavy atom. The molecular weight excluding hydrogens is 361 g/mol. The van der Waals surface area contributed by atoms with E-state index in [0.717, 1.165) is 24.3 Å². The molecule has 2 rings (SSSR count). The van der Waals surface area contributed by atoms with Crippen LogP contribution < -0.4 is 4.74 Å². The molecule has 0 aromatic heterocycles. The Bertz CT molecular complexity index is 887. The lowest BCUT2D eigenvalue weighted by Gasteiger charge is -2.08. The van der Waals surface area contributed by atoms with Gasteiger partial charge in [0.25, 0.3) is 0 Å². The summed E-state index contributed by atoms with van der Waals surface area (Å²) in [7, 11) is -3.68. The van der Waals surface area contributed by atoms with E-state index < -0.39 is 27.4 Å². The first kappa shape index (κ1) is 19.4. The molecule has 0 saturated heterocycles. The highest BCUT2D eigenvalue weighted by atomic mass is 32.2. The van der Waals surface area contributed by atoms with Crippen molar-refractivity contribution in [2.75, 3.05) is 19.0 Å². The molecule has 0 atom stereocenters. The molecule has 136 valence electrons. The van der Waals surface area contributed by atoms with Crippen LogP contribution >= 0.6 is 0 Å². The molecule has 0 heterocycles.